The molecule has 0 unspecified atom stereocenters. The Morgan fingerprint density at radius 3 is 2.75 bits per heavy atom. The third-order valence-corrected chi connectivity index (χ3v) is 2.58. The zero-order chi connectivity index (χ0) is 12.0. The lowest BCUT2D eigenvalue weighted by Crippen LogP contribution is -2.05. The van der Waals surface area contributed by atoms with Crippen LogP contribution >= 0.6 is 11.6 Å². The van der Waals surface area contributed by atoms with E-state index < -0.39 is 5.82 Å². The van der Waals surface area contributed by atoms with Crippen LogP contribution in [0.15, 0.2) is 18.2 Å². The molecule has 0 bridgehead atoms. The predicted molar refractivity (Wildman–Crippen MR) is 63.0 cm³/mol. The highest BCUT2D eigenvalue weighted by Crippen LogP contribution is 2.16. The molecule has 4 heteroatoms. The van der Waals surface area contributed by atoms with E-state index in [0.29, 0.717) is 19.4 Å². The van der Waals surface area contributed by atoms with E-state index in [4.69, 9.17) is 17.3 Å². The molecule has 2 N–H and O–H groups in total. The molecule has 0 aliphatic carbocycles. The van der Waals surface area contributed by atoms with Crippen LogP contribution in [0.25, 0.3) is 0 Å². The number of hydrogen-bond acceptors (Lipinski definition) is 2. The van der Waals surface area contributed by atoms with Crippen LogP contribution in [-0.2, 0) is 11.2 Å². The summed E-state index contributed by atoms with van der Waals surface area (Å²) in [5, 5.41) is 0.0623. The Labute approximate surface area is 99.6 Å². The minimum Gasteiger partial charge on any atom is -0.330 e. The van der Waals surface area contributed by atoms with Crippen LogP contribution in [0.5, 0.6) is 0 Å². The first-order valence-electron chi connectivity index (χ1n) is 5.29. The normalized spacial score (nSPS) is 10.4. The Morgan fingerprint density at radius 1 is 1.38 bits per heavy atom. The first-order chi connectivity index (χ1) is 7.63. The van der Waals surface area contributed by atoms with E-state index in [9.17, 15) is 9.18 Å². The molecule has 0 aliphatic rings. The first kappa shape index (κ1) is 13.1. The summed E-state index contributed by atoms with van der Waals surface area (Å²) in [7, 11) is 0. The maximum absolute atomic E-state index is 12.9. The predicted octanol–water partition coefficient (Wildman–Crippen LogP) is 2.72. The summed E-state index contributed by atoms with van der Waals surface area (Å²) in [5.74, 6) is -0.322. The molecule has 16 heavy (non-hydrogen) atoms. The monoisotopic (exact) mass is 243 g/mol. The van der Waals surface area contributed by atoms with E-state index in [1.165, 1.54) is 12.1 Å². The summed E-state index contributed by atoms with van der Waals surface area (Å²) in [6.45, 7) is 0.607. The maximum Gasteiger partial charge on any atom is 0.141 e. The van der Waals surface area contributed by atoms with Crippen molar-refractivity contribution in [1.82, 2.24) is 0 Å². The molecule has 0 aliphatic heterocycles. The second-order valence-corrected chi connectivity index (χ2v) is 4.12. The van der Waals surface area contributed by atoms with Gasteiger partial charge in [0, 0.05) is 12.8 Å². The Balaban J connectivity index is 2.46. The summed E-state index contributed by atoms with van der Waals surface area (Å²) in [4.78, 5) is 11.5. The third-order valence-electron chi connectivity index (χ3n) is 2.30. The van der Waals surface area contributed by atoms with Crippen LogP contribution in [0.3, 0.4) is 0 Å². The lowest BCUT2D eigenvalue weighted by molar-refractivity contribution is -0.118. The van der Waals surface area contributed by atoms with Gasteiger partial charge >= 0.3 is 0 Å². The number of rotatable bonds is 6. The SMILES string of the molecule is NCCCCC(=O)Cc1ccc(F)c(Cl)c1. The number of carbonyl (C=O) groups excluding carboxylic acids is 1. The van der Waals surface area contributed by atoms with Crippen LogP contribution < -0.4 is 5.73 Å². The fraction of sp³-hybridized carbons (Fsp3) is 0.417. The van der Waals surface area contributed by atoms with Crippen molar-refractivity contribution in [3.8, 4) is 0 Å². The van der Waals surface area contributed by atoms with Gasteiger partial charge in [-0.25, -0.2) is 4.39 Å². The summed E-state index contributed by atoms with van der Waals surface area (Å²) < 4.78 is 12.9. The van der Waals surface area contributed by atoms with Gasteiger partial charge in [-0.05, 0) is 37.1 Å². The molecule has 1 aromatic carbocycles. The second-order valence-electron chi connectivity index (χ2n) is 3.71. The molecular weight excluding hydrogens is 229 g/mol. The van der Waals surface area contributed by atoms with Crippen molar-refractivity contribution in [3.05, 3.63) is 34.6 Å². The Kier molecular flexibility index (Phi) is 5.43. The van der Waals surface area contributed by atoms with Crippen molar-refractivity contribution in [3.63, 3.8) is 0 Å². The van der Waals surface area contributed by atoms with Crippen molar-refractivity contribution < 1.29 is 9.18 Å². The van der Waals surface area contributed by atoms with Gasteiger partial charge in [-0.1, -0.05) is 17.7 Å². The number of Topliss-reactive ketones (excluding diaryl/α,β-unsaturated/α-hetero) is 1. The summed E-state index contributed by atoms with van der Waals surface area (Å²) >= 11 is 5.62. The molecule has 0 fully saturated rings. The zero-order valence-electron chi connectivity index (χ0n) is 9.01. The molecule has 0 heterocycles. The molecule has 0 saturated carbocycles. The topological polar surface area (TPSA) is 43.1 Å². The Hall–Kier alpha value is -0.930. The number of ketones is 1. The molecule has 0 atom stereocenters. The van der Waals surface area contributed by atoms with Gasteiger partial charge in [0.25, 0.3) is 0 Å². The molecule has 0 saturated heterocycles. The minimum atomic E-state index is -0.457. The number of benzene rings is 1. The largest absolute Gasteiger partial charge is 0.330 e. The van der Waals surface area contributed by atoms with Gasteiger partial charge < -0.3 is 5.73 Å². The Morgan fingerprint density at radius 2 is 2.12 bits per heavy atom. The van der Waals surface area contributed by atoms with E-state index in [0.717, 1.165) is 18.4 Å². The lowest BCUT2D eigenvalue weighted by Gasteiger charge is -2.02. The van der Waals surface area contributed by atoms with E-state index in [1.54, 1.807) is 6.07 Å². The van der Waals surface area contributed by atoms with Gasteiger partial charge in [-0.15, -0.1) is 0 Å². The fourth-order valence-corrected chi connectivity index (χ4v) is 1.64. The lowest BCUT2D eigenvalue weighted by atomic mass is 10.0. The fourth-order valence-electron chi connectivity index (χ4n) is 1.43. The number of halogens is 2. The standard InChI is InChI=1S/C12H15ClFNO/c13-11-8-9(4-5-12(11)14)7-10(16)3-1-2-6-15/h4-5,8H,1-3,6-7,15H2. The molecule has 0 amide bonds. The molecule has 88 valence electrons. The van der Waals surface area contributed by atoms with E-state index in [2.05, 4.69) is 0 Å². The van der Waals surface area contributed by atoms with Gasteiger partial charge in [-0.2, -0.15) is 0 Å². The number of hydrogen-bond donors (Lipinski definition) is 1. The molecular formula is C12H15ClFNO. The third kappa shape index (κ3) is 4.29. The minimum absolute atomic E-state index is 0.0623. The van der Waals surface area contributed by atoms with Crippen molar-refractivity contribution in [2.75, 3.05) is 6.54 Å². The summed E-state index contributed by atoms with van der Waals surface area (Å²) in [6, 6.07) is 4.37. The summed E-state index contributed by atoms with van der Waals surface area (Å²) in [6.07, 6.45) is 2.50. The van der Waals surface area contributed by atoms with Crippen LogP contribution in [0, 0.1) is 5.82 Å². The molecule has 0 spiro atoms. The summed E-state index contributed by atoms with van der Waals surface area (Å²) in [5.41, 5.74) is 6.09. The second kappa shape index (κ2) is 6.61. The quantitative estimate of drug-likeness (QED) is 0.781. The van der Waals surface area contributed by atoms with Gasteiger partial charge in [0.1, 0.15) is 11.6 Å². The smallest absolute Gasteiger partial charge is 0.141 e. The highest BCUT2D eigenvalue weighted by molar-refractivity contribution is 6.30. The number of carbonyl (C=O) groups is 1. The number of nitrogens with two attached hydrogens (primary N) is 1. The van der Waals surface area contributed by atoms with Crippen LogP contribution in [0.2, 0.25) is 5.02 Å². The van der Waals surface area contributed by atoms with Crippen molar-refractivity contribution in [1.29, 1.82) is 0 Å². The molecule has 0 radical (unpaired) electrons. The van der Waals surface area contributed by atoms with E-state index in [-0.39, 0.29) is 10.8 Å². The van der Waals surface area contributed by atoms with E-state index in [1.807, 2.05) is 0 Å². The maximum atomic E-state index is 12.9. The number of unbranched alkanes of at least 4 members (excludes halogenated alkanes) is 1. The zero-order valence-corrected chi connectivity index (χ0v) is 9.77. The average Bonchev–Trinajstić information content (AvgIpc) is 2.24. The van der Waals surface area contributed by atoms with Gasteiger partial charge in [-0.3, -0.25) is 4.79 Å². The Bertz CT molecular complexity index is 368. The van der Waals surface area contributed by atoms with Crippen LogP contribution in [0.4, 0.5) is 4.39 Å². The molecule has 0 aromatic heterocycles. The molecule has 1 rings (SSSR count). The molecule has 2 nitrogen and oxygen atoms in total. The molecule has 1 aromatic rings. The van der Waals surface area contributed by atoms with Gasteiger partial charge in [0.15, 0.2) is 0 Å². The first-order valence-corrected chi connectivity index (χ1v) is 5.67. The highest BCUT2D eigenvalue weighted by atomic mass is 35.5. The average molecular weight is 244 g/mol. The van der Waals surface area contributed by atoms with Crippen LogP contribution in [0.1, 0.15) is 24.8 Å². The van der Waals surface area contributed by atoms with Gasteiger partial charge in [0.2, 0.25) is 0 Å². The van der Waals surface area contributed by atoms with Crippen molar-refractivity contribution >= 4 is 17.4 Å². The van der Waals surface area contributed by atoms with E-state index >= 15 is 0 Å². The van der Waals surface area contributed by atoms with Gasteiger partial charge in [0.05, 0.1) is 5.02 Å². The van der Waals surface area contributed by atoms with Crippen LogP contribution in [-0.4, -0.2) is 12.3 Å². The van der Waals surface area contributed by atoms with Crippen molar-refractivity contribution in [2.24, 2.45) is 5.73 Å². The van der Waals surface area contributed by atoms with Crippen molar-refractivity contribution in [2.45, 2.75) is 25.7 Å². The highest BCUT2D eigenvalue weighted by Gasteiger charge is 2.06.